The van der Waals surface area contributed by atoms with Crippen molar-refractivity contribution in [1.82, 2.24) is 5.32 Å². The van der Waals surface area contributed by atoms with Crippen LogP contribution in [0.25, 0.3) is 5.70 Å². The van der Waals surface area contributed by atoms with Gasteiger partial charge in [0.2, 0.25) is 5.79 Å². The summed E-state index contributed by atoms with van der Waals surface area (Å²) in [6, 6.07) is 6.39. The second kappa shape index (κ2) is 8.22. The van der Waals surface area contributed by atoms with Crippen molar-refractivity contribution in [1.29, 1.82) is 0 Å². The number of rotatable bonds is 5. The SMILES string of the molecule is CC(C)(O)OC(=O)C1(S(=O)(=O)c2ccc(C3=CC=C(Br)CN3)cc2)CCOCC1. The van der Waals surface area contributed by atoms with Crippen LogP contribution in [-0.2, 0) is 24.1 Å². The normalized spacial score (nSPS) is 19.6. The van der Waals surface area contributed by atoms with Crippen LogP contribution >= 0.6 is 15.9 Å². The molecule has 0 bridgehead atoms. The molecule has 1 fully saturated rings. The summed E-state index contributed by atoms with van der Waals surface area (Å²) < 4.78 is 36.6. The van der Waals surface area contributed by atoms with Crippen molar-refractivity contribution in [2.75, 3.05) is 19.8 Å². The molecular formula is C20H24BrNO6S. The third kappa shape index (κ3) is 4.58. The Morgan fingerprint density at radius 1 is 1.21 bits per heavy atom. The fourth-order valence-corrected chi connectivity index (χ4v) is 5.50. The molecule has 0 saturated carbocycles. The Bertz CT molecular complexity index is 938. The first-order valence-electron chi connectivity index (χ1n) is 9.24. The molecule has 2 heterocycles. The van der Waals surface area contributed by atoms with Gasteiger partial charge in [0, 0.05) is 56.6 Å². The molecule has 1 aromatic carbocycles. The van der Waals surface area contributed by atoms with Crippen molar-refractivity contribution < 1.29 is 27.8 Å². The fraction of sp³-hybridized carbons (Fsp3) is 0.450. The number of esters is 1. The highest BCUT2D eigenvalue weighted by molar-refractivity contribution is 9.11. The summed E-state index contributed by atoms with van der Waals surface area (Å²) in [6.45, 7) is 3.47. The molecular weight excluding hydrogens is 462 g/mol. The molecule has 0 radical (unpaired) electrons. The van der Waals surface area contributed by atoms with Gasteiger partial charge in [-0.05, 0) is 29.8 Å². The lowest BCUT2D eigenvalue weighted by atomic mass is 9.99. The zero-order valence-electron chi connectivity index (χ0n) is 16.3. The summed E-state index contributed by atoms with van der Waals surface area (Å²) in [5.74, 6) is -2.73. The van der Waals surface area contributed by atoms with E-state index in [0.29, 0.717) is 6.54 Å². The van der Waals surface area contributed by atoms with E-state index in [0.717, 1.165) is 15.7 Å². The second-order valence-electron chi connectivity index (χ2n) is 7.52. The van der Waals surface area contributed by atoms with Gasteiger partial charge in [0.1, 0.15) is 0 Å². The molecule has 2 aliphatic heterocycles. The standard InChI is InChI=1S/C20H24BrNO6S/c1-19(2,24)28-18(23)20(9-11-27-12-10-20)29(25,26)16-6-3-14(4-7-16)17-8-5-15(21)13-22-17/h3-8,22,24H,9-13H2,1-2H3. The van der Waals surface area contributed by atoms with Crippen molar-refractivity contribution in [2.45, 2.75) is 42.1 Å². The Kier molecular flexibility index (Phi) is 6.24. The van der Waals surface area contributed by atoms with Gasteiger partial charge < -0.3 is 19.9 Å². The average molecular weight is 486 g/mol. The predicted molar refractivity (Wildman–Crippen MR) is 112 cm³/mol. The number of nitrogens with one attached hydrogen (secondary N) is 1. The highest BCUT2D eigenvalue weighted by atomic mass is 79.9. The van der Waals surface area contributed by atoms with Gasteiger partial charge in [0.15, 0.2) is 14.6 Å². The van der Waals surface area contributed by atoms with Crippen molar-refractivity contribution in [2.24, 2.45) is 0 Å². The molecule has 7 nitrogen and oxygen atoms in total. The maximum absolute atomic E-state index is 13.5. The van der Waals surface area contributed by atoms with Crippen LogP contribution in [0.1, 0.15) is 32.3 Å². The van der Waals surface area contributed by atoms with Gasteiger partial charge in [-0.1, -0.05) is 28.1 Å². The quantitative estimate of drug-likeness (QED) is 0.487. The molecule has 1 saturated heterocycles. The minimum atomic E-state index is -4.08. The van der Waals surface area contributed by atoms with E-state index in [1.165, 1.54) is 26.0 Å². The summed E-state index contributed by atoms with van der Waals surface area (Å²) in [4.78, 5) is 12.9. The molecule has 2 N–H and O–H groups in total. The molecule has 29 heavy (non-hydrogen) atoms. The van der Waals surface area contributed by atoms with E-state index in [9.17, 15) is 18.3 Å². The maximum Gasteiger partial charge on any atom is 0.330 e. The predicted octanol–water partition coefficient (Wildman–Crippen LogP) is 2.50. The van der Waals surface area contributed by atoms with Gasteiger partial charge in [-0.3, -0.25) is 4.79 Å². The van der Waals surface area contributed by atoms with Crippen LogP contribution in [0.2, 0.25) is 0 Å². The van der Waals surface area contributed by atoms with E-state index in [4.69, 9.17) is 9.47 Å². The molecule has 1 aromatic rings. The number of hydrogen-bond donors (Lipinski definition) is 2. The second-order valence-corrected chi connectivity index (χ2v) is 10.8. The van der Waals surface area contributed by atoms with Gasteiger partial charge in [-0.2, -0.15) is 0 Å². The minimum absolute atomic E-state index is 0.0302. The highest BCUT2D eigenvalue weighted by Gasteiger charge is 2.54. The summed E-state index contributed by atoms with van der Waals surface area (Å²) in [6.07, 6.45) is 3.77. The summed E-state index contributed by atoms with van der Waals surface area (Å²) in [7, 11) is -4.08. The van der Waals surface area contributed by atoms with Crippen molar-refractivity contribution in [3.8, 4) is 0 Å². The molecule has 0 aromatic heterocycles. The zero-order chi connectivity index (χ0) is 21.3. The monoisotopic (exact) mass is 485 g/mol. The number of carbonyl (C=O) groups excluding carboxylic acids is 1. The van der Waals surface area contributed by atoms with Crippen LogP contribution in [0, 0.1) is 0 Å². The molecule has 9 heteroatoms. The van der Waals surface area contributed by atoms with Crippen LogP contribution in [0.4, 0.5) is 0 Å². The summed E-state index contributed by atoms with van der Waals surface area (Å²) in [5, 5.41) is 13.1. The number of dihydropyridines is 1. The lowest BCUT2D eigenvalue weighted by Gasteiger charge is -2.36. The maximum atomic E-state index is 13.5. The Morgan fingerprint density at radius 2 is 1.83 bits per heavy atom. The lowest BCUT2D eigenvalue weighted by Crippen LogP contribution is -2.53. The molecule has 3 rings (SSSR count). The van der Waals surface area contributed by atoms with E-state index in [2.05, 4.69) is 21.2 Å². The van der Waals surface area contributed by atoms with Crippen LogP contribution in [0.15, 0.2) is 45.8 Å². The van der Waals surface area contributed by atoms with Crippen molar-refractivity contribution >= 4 is 37.4 Å². The number of allylic oxidation sites excluding steroid dienone is 2. The molecule has 0 atom stereocenters. The highest BCUT2D eigenvalue weighted by Crippen LogP contribution is 2.37. The Morgan fingerprint density at radius 3 is 2.34 bits per heavy atom. The first-order valence-corrected chi connectivity index (χ1v) is 11.5. The molecule has 0 unspecified atom stereocenters. The minimum Gasteiger partial charge on any atom is -0.433 e. The summed E-state index contributed by atoms with van der Waals surface area (Å²) in [5.41, 5.74) is 1.71. The molecule has 158 valence electrons. The Hall–Kier alpha value is -1.68. The number of hydrogen-bond acceptors (Lipinski definition) is 7. The number of ether oxygens (including phenoxy) is 2. The number of aliphatic hydroxyl groups is 1. The molecule has 0 spiro atoms. The van der Waals surface area contributed by atoms with E-state index in [1.54, 1.807) is 12.1 Å². The molecule has 0 aliphatic carbocycles. The van der Waals surface area contributed by atoms with Gasteiger partial charge in [-0.25, -0.2) is 8.42 Å². The molecule has 0 amide bonds. The first-order chi connectivity index (χ1) is 13.6. The largest absolute Gasteiger partial charge is 0.433 e. The van der Waals surface area contributed by atoms with E-state index >= 15 is 0 Å². The van der Waals surface area contributed by atoms with E-state index < -0.39 is 26.3 Å². The van der Waals surface area contributed by atoms with E-state index in [1.807, 2.05) is 12.2 Å². The smallest absolute Gasteiger partial charge is 0.330 e. The van der Waals surface area contributed by atoms with E-state index in [-0.39, 0.29) is 31.0 Å². The van der Waals surface area contributed by atoms with Gasteiger partial charge >= 0.3 is 5.97 Å². The number of sulfone groups is 1. The topological polar surface area (TPSA) is 102 Å². The number of benzene rings is 1. The number of halogens is 1. The lowest BCUT2D eigenvalue weighted by molar-refractivity contribution is -0.199. The third-order valence-corrected chi connectivity index (χ3v) is 7.92. The fourth-order valence-electron chi connectivity index (χ4n) is 3.31. The number of carbonyl (C=O) groups is 1. The Labute approximate surface area is 178 Å². The third-order valence-electron chi connectivity index (χ3n) is 4.88. The zero-order valence-corrected chi connectivity index (χ0v) is 18.7. The van der Waals surface area contributed by atoms with Crippen LogP contribution in [-0.4, -0.2) is 49.8 Å². The van der Waals surface area contributed by atoms with Crippen molar-refractivity contribution in [3.05, 3.63) is 46.5 Å². The average Bonchev–Trinajstić information content (AvgIpc) is 2.68. The first kappa shape index (κ1) is 22.0. The van der Waals surface area contributed by atoms with Crippen LogP contribution in [0.5, 0.6) is 0 Å². The molecule has 2 aliphatic rings. The van der Waals surface area contributed by atoms with Crippen LogP contribution in [0.3, 0.4) is 0 Å². The Balaban J connectivity index is 1.95. The summed E-state index contributed by atoms with van der Waals surface area (Å²) >= 11 is 3.41. The van der Waals surface area contributed by atoms with Gasteiger partial charge in [-0.15, -0.1) is 0 Å². The van der Waals surface area contributed by atoms with Gasteiger partial charge in [0.25, 0.3) is 0 Å². The van der Waals surface area contributed by atoms with Gasteiger partial charge in [0.05, 0.1) is 4.90 Å². The van der Waals surface area contributed by atoms with Crippen LogP contribution < -0.4 is 5.32 Å². The van der Waals surface area contributed by atoms with Crippen molar-refractivity contribution in [3.63, 3.8) is 0 Å².